The highest BCUT2D eigenvalue weighted by Gasteiger charge is 2.20. The third kappa shape index (κ3) is 2.97. The van der Waals surface area contributed by atoms with Gasteiger partial charge in [0, 0.05) is 29.6 Å². The van der Waals surface area contributed by atoms with Crippen molar-refractivity contribution >= 4 is 23.4 Å². The van der Waals surface area contributed by atoms with Crippen molar-refractivity contribution in [3.05, 3.63) is 29.3 Å². The van der Waals surface area contributed by atoms with Crippen LogP contribution in [0.15, 0.2) is 18.2 Å². The molecule has 1 aliphatic rings. The largest absolute Gasteiger partial charge is 0.398 e. The Labute approximate surface area is 112 Å². The SMILES string of the molecule is CN(Cc1ccc(C(N)=O)cc1N)C1CCSC1. The number of thioether (sulfide) groups is 1. The lowest BCUT2D eigenvalue weighted by Gasteiger charge is -2.24. The van der Waals surface area contributed by atoms with Crippen molar-refractivity contribution in [1.82, 2.24) is 4.90 Å². The number of carbonyl (C=O) groups excluding carboxylic acids is 1. The van der Waals surface area contributed by atoms with E-state index in [1.165, 1.54) is 17.9 Å². The molecule has 0 spiro atoms. The Morgan fingerprint density at radius 2 is 2.33 bits per heavy atom. The highest BCUT2D eigenvalue weighted by molar-refractivity contribution is 7.99. The molecule has 18 heavy (non-hydrogen) atoms. The Hall–Kier alpha value is -1.20. The molecule has 1 aliphatic heterocycles. The van der Waals surface area contributed by atoms with E-state index in [0.717, 1.165) is 12.1 Å². The van der Waals surface area contributed by atoms with Crippen LogP contribution in [0.5, 0.6) is 0 Å². The highest BCUT2D eigenvalue weighted by atomic mass is 32.2. The average Bonchev–Trinajstić information content (AvgIpc) is 2.85. The van der Waals surface area contributed by atoms with Gasteiger partial charge in [-0.15, -0.1) is 0 Å². The third-order valence-electron chi connectivity index (χ3n) is 3.38. The minimum absolute atomic E-state index is 0.436. The molecule has 4 nitrogen and oxygen atoms in total. The minimum atomic E-state index is -0.436. The summed E-state index contributed by atoms with van der Waals surface area (Å²) in [6.45, 7) is 0.816. The number of hydrogen-bond acceptors (Lipinski definition) is 4. The third-order valence-corrected chi connectivity index (χ3v) is 4.52. The van der Waals surface area contributed by atoms with Gasteiger partial charge in [-0.25, -0.2) is 0 Å². The standard InChI is InChI=1S/C13H19N3OS/c1-16(11-4-5-18-8-11)7-10-3-2-9(13(15)17)6-12(10)14/h2-3,6,11H,4-5,7-8,14H2,1H3,(H2,15,17). The van der Waals surface area contributed by atoms with E-state index in [9.17, 15) is 4.79 Å². The van der Waals surface area contributed by atoms with Crippen LogP contribution in [0.2, 0.25) is 0 Å². The summed E-state index contributed by atoms with van der Waals surface area (Å²) < 4.78 is 0. The first-order valence-corrected chi connectivity index (χ1v) is 7.19. The molecule has 0 aliphatic carbocycles. The Balaban J connectivity index is 2.06. The lowest BCUT2D eigenvalue weighted by atomic mass is 10.1. The van der Waals surface area contributed by atoms with Crippen LogP contribution in [0.4, 0.5) is 5.69 Å². The quantitative estimate of drug-likeness (QED) is 0.805. The van der Waals surface area contributed by atoms with E-state index in [4.69, 9.17) is 11.5 Å². The van der Waals surface area contributed by atoms with Gasteiger partial charge < -0.3 is 11.5 Å². The van der Waals surface area contributed by atoms with Crippen LogP contribution in [0.1, 0.15) is 22.3 Å². The predicted molar refractivity (Wildman–Crippen MR) is 76.6 cm³/mol. The fraction of sp³-hybridized carbons (Fsp3) is 0.462. The maximum Gasteiger partial charge on any atom is 0.248 e. The van der Waals surface area contributed by atoms with Crippen LogP contribution in [0, 0.1) is 0 Å². The van der Waals surface area contributed by atoms with Crippen molar-refractivity contribution < 1.29 is 4.79 Å². The van der Waals surface area contributed by atoms with Crippen molar-refractivity contribution in [2.24, 2.45) is 5.73 Å². The molecule has 1 aromatic rings. The van der Waals surface area contributed by atoms with E-state index < -0.39 is 5.91 Å². The van der Waals surface area contributed by atoms with Gasteiger partial charge in [0.2, 0.25) is 5.91 Å². The normalized spacial score (nSPS) is 19.3. The smallest absolute Gasteiger partial charge is 0.248 e. The molecule has 2 rings (SSSR count). The molecule has 0 bridgehead atoms. The van der Waals surface area contributed by atoms with Crippen LogP contribution in [-0.2, 0) is 6.54 Å². The number of anilines is 1. The minimum Gasteiger partial charge on any atom is -0.398 e. The number of nitrogens with two attached hydrogens (primary N) is 2. The second-order valence-corrected chi connectivity index (χ2v) is 5.86. The molecular weight excluding hydrogens is 246 g/mol. The summed E-state index contributed by atoms with van der Waals surface area (Å²) in [7, 11) is 2.12. The first-order valence-electron chi connectivity index (χ1n) is 6.04. The van der Waals surface area contributed by atoms with Gasteiger partial charge in [-0.1, -0.05) is 6.07 Å². The summed E-state index contributed by atoms with van der Waals surface area (Å²) in [6.07, 6.45) is 1.24. The Bertz CT molecular complexity index is 444. The summed E-state index contributed by atoms with van der Waals surface area (Å²) in [5.74, 6) is 2.00. The molecule has 1 amide bonds. The van der Waals surface area contributed by atoms with E-state index in [2.05, 4.69) is 11.9 Å². The van der Waals surface area contributed by atoms with E-state index in [1.54, 1.807) is 12.1 Å². The highest BCUT2D eigenvalue weighted by Crippen LogP contribution is 2.24. The first kappa shape index (κ1) is 13.2. The van der Waals surface area contributed by atoms with Crippen LogP contribution < -0.4 is 11.5 Å². The van der Waals surface area contributed by atoms with E-state index in [-0.39, 0.29) is 0 Å². The number of primary amides is 1. The van der Waals surface area contributed by atoms with Crippen molar-refractivity contribution in [2.45, 2.75) is 19.0 Å². The second kappa shape index (κ2) is 5.63. The number of nitrogens with zero attached hydrogens (tertiary/aromatic N) is 1. The molecule has 1 atom stereocenters. The fourth-order valence-corrected chi connectivity index (χ4v) is 3.46. The molecule has 1 fully saturated rings. The van der Waals surface area contributed by atoms with Gasteiger partial charge in [0.05, 0.1) is 0 Å². The van der Waals surface area contributed by atoms with Gasteiger partial charge in [0.15, 0.2) is 0 Å². The molecule has 5 heteroatoms. The summed E-state index contributed by atoms with van der Waals surface area (Å²) in [6, 6.07) is 5.93. The van der Waals surface area contributed by atoms with Gasteiger partial charge >= 0.3 is 0 Å². The predicted octanol–water partition coefficient (Wildman–Crippen LogP) is 1.31. The maximum atomic E-state index is 11.0. The monoisotopic (exact) mass is 265 g/mol. The van der Waals surface area contributed by atoms with Gasteiger partial charge in [0.1, 0.15) is 0 Å². The van der Waals surface area contributed by atoms with Gasteiger partial charge in [-0.3, -0.25) is 9.69 Å². The summed E-state index contributed by atoms with van der Waals surface area (Å²) >= 11 is 2.00. The molecule has 1 unspecified atom stereocenters. The molecule has 0 radical (unpaired) electrons. The molecule has 0 saturated carbocycles. The molecule has 0 aromatic heterocycles. The summed E-state index contributed by atoms with van der Waals surface area (Å²) in [5.41, 5.74) is 13.4. The second-order valence-electron chi connectivity index (χ2n) is 4.71. The van der Waals surface area contributed by atoms with Gasteiger partial charge in [-0.2, -0.15) is 11.8 Å². The van der Waals surface area contributed by atoms with Gasteiger partial charge in [0.25, 0.3) is 0 Å². The fourth-order valence-electron chi connectivity index (χ4n) is 2.16. The maximum absolute atomic E-state index is 11.0. The zero-order valence-corrected chi connectivity index (χ0v) is 11.4. The Morgan fingerprint density at radius 3 is 2.89 bits per heavy atom. The lowest BCUT2D eigenvalue weighted by Crippen LogP contribution is -2.31. The van der Waals surface area contributed by atoms with Crippen LogP contribution >= 0.6 is 11.8 Å². The molecule has 1 saturated heterocycles. The van der Waals surface area contributed by atoms with E-state index >= 15 is 0 Å². The van der Waals surface area contributed by atoms with Crippen LogP contribution in [0.25, 0.3) is 0 Å². The van der Waals surface area contributed by atoms with E-state index in [0.29, 0.717) is 17.3 Å². The number of benzene rings is 1. The summed E-state index contributed by atoms with van der Waals surface area (Å²) in [5, 5.41) is 0. The number of carbonyl (C=O) groups is 1. The Morgan fingerprint density at radius 1 is 1.56 bits per heavy atom. The number of rotatable bonds is 4. The van der Waals surface area contributed by atoms with Crippen LogP contribution in [0.3, 0.4) is 0 Å². The van der Waals surface area contributed by atoms with E-state index in [1.807, 2.05) is 17.8 Å². The lowest BCUT2D eigenvalue weighted by molar-refractivity contribution is 0.100. The average molecular weight is 265 g/mol. The van der Waals surface area contributed by atoms with Crippen molar-refractivity contribution in [1.29, 1.82) is 0 Å². The van der Waals surface area contributed by atoms with Gasteiger partial charge in [-0.05, 0) is 36.9 Å². The zero-order valence-electron chi connectivity index (χ0n) is 10.6. The topological polar surface area (TPSA) is 72.3 Å². The number of hydrogen-bond donors (Lipinski definition) is 2. The van der Waals surface area contributed by atoms with Crippen molar-refractivity contribution in [2.75, 3.05) is 24.3 Å². The number of amides is 1. The molecule has 98 valence electrons. The molecule has 4 N–H and O–H groups in total. The van der Waals surface area contributed by atoms with Crippen molar-refractivity contribution in [3.8, 4) is 0 Å². The molecule has 1 aromatic carbocycles. The van der Waals surface area contributed by atoms with Crippen molar-refractivity contribution in [3.63, 3.8) is 0 Å². The molecular formula is C13H19N3OS. The molecule has 1 heterocycles. The Kier molecular flexibility index (Phi) is 4.14. The first-order chi connectivity index (χ1) is 8.58. The zero-order chi connectivity index (χ0) is 13.1. The number of nitrogen functional groups attached to an aromatic ring is 1. The van der Waals surface area contributed by atoms with Crippen LogP contribution in [-0.4, -0.2) is 35.4 Å². The summed E-state index contributed by atoms with van der Waals surface area (Å²) in [4.78, 5) is 13.4.